The lowest BCUT2D eigenvalue weighted by atomic mass is 10.2. The van der Waals surface area contributed by atoms with Crippen LogP contribution in [0.15, 0.2) is 18.2 Å². The van der Waals surface area contributed by atoms with Crippen molar-refractivity contribution in [1.29, 1.82) is 0 Å². The molecule has 0 fully saturated rings. The number of hydrogen-bond acceptors (Lipinski definition) is 4. The van der Waals surface area contributed by atoms with Gasteiger partial charge in [0.05, 0.1) is 22.9 Å². The summed E-state index contributed by atoms with van der Waals surface area (Å²) in [6, 6.07) is 5.33. The van der Waals surface area contributed by atoms with Crippen molar-refractivity contribution in [3.63, 3.8) is 0 Å². The molecule has 0 saturated heterocycles. The molecule has 1 aromatic heterocycles. The Balaban J connectivity index is 2.61. The Hall–Kier alpha value is -1.20. The summed E-state index contributed by atoms with van der Waals surface area (Å²) in [5.41, 5.74) is 1.41. The van der Waals surface area contributed by atoms with Gasteiger partial charge in [0.25, 0.3) is 0 Å². The third kappa shape index (κ3) is 1.56. The fourth-order valence-electron chi connectivity index (χ4n) is 1.20. The first kappa shape index (κ1) is 9.36. The standard InChI is InChI=1S/C9H7NO2S2/c1-12-8(11)5-2-3-7-6(4-5)10-9(13)14-7/h2-4H,1H3,(H,10,13). The van der Waals surface area contributed by atoms with Crippen molar-refractivity contribution < 1.29 is 9.53 Å². The molecule has 0 radical (unpaired) electrons. The Kier molecular flexibility index (Phi) is 2.35. The Bertz CT molecular complexity index is 541. The maximum atomic E-state index is 11.2. The molecular weight excluding hydrogens is 218 g/mol. The van der Waals surface area contributed by atoms with Crippen LogP contribution in [0.5, 0.6) is 0 Å². The number of aromatic amines is 1. The fourth-order valence-corrected chi connectivity index (χ4v) is 2.29. The van der Waals surface area contributed by atoms with E-state index in [9.17, 15) is 4.79 Å². The molecule has 0 spiro atoms. The van der Waals surface area contributed by atoms with Crippen LogP contribution < -0.4 is 0 Å². The molecule has 2 aromatic rings. The quantitative estimate of drug-likeness (QED) is 0.599. The van der Waals surface area contributed by atoms with Gasteiger partial charge in [-0.2, -0.15) is 0 Å². The number of H-pyrrole nitrogens is 1. The van der Waals surface area contributed by atoms with Gasteiger partial charge in [-0.3, -0.25) is 0 Å². The molecule has 0 unspecified atom stereocenters. The number of ether oxygens (including phenoxy) is 1. The van der Waals surface area contributed by atoms with Crippen LogP contribution in [0.1, 0.15) is 10.4 Å². The van der Waals surface area contributed by atoms with Crippen LogP contribution in [-0.2, 0) is 4.74 Å². The van der Waals surface area contributed by atoms with Crippen molar-refractivity contribution in [2.24, 2.45) is 0 Å². The summed E-state index contributed by atoms with van der Waals surface area (Å²) in [5.74, 6) is -0.336. The topological polar surface area (TPSA) is 42.1 Å². The zero-order valence-electron chi connectivity index (χ0n) is 7.37. The summed E-state index contributed by atoms with van der Waals surface area (Å²) < 4.78 is 6.37. The molecule has 14 heavy (non-hydrogen) atoms. The van der Waals surface area contributed by atoms with E-state index in [0.29, 0.717) is 9.52 Å². The van der Waals surface area contributed by atoms with Gasteiger partial charge in [0.15, 0.2) is 3.95 Å². The van der Waals surface area contributed by atoms with Crippen LogP contribution in [-0.4, -0.2) is 18.1 Å². The molecular formula is C9H7NO2S2. The number of thiazole rings is 1. The molecule has 0 saturated carbocycles. The first-order valence-electron chi connectivity index (χ1n) is 3.92. The summed E-state index contributed by atoms with van der Waals surface area (Å²) in [6.07, 6.45) is 0. The Morgan fingerprint density at radius 1 is 1.57 bits per heavy atom. The molecule has 0 aliphatic heterocycles. The Morgan fingerprint density at radius 2 is 2.36 bits per heavy atom. The van der Waals surface area contributed by atoms with Gasteiger partial charge in [0.2, 0.25) is 0 Å². The van der Waals surface area contributed by atoms with Crippen LogP contribution in [0.2, 0.25) is 0 Å². The van der Waals surface area contributed by atoms with Crippen molar-refractivity contribution in [2.45, 2.75) is 0 Å². The van der Waals surface area contributed by atoms with Crippen LogP contribution in [0.4, 0.5) is 0 Å². The maximum absolute atomic E-state index is 11.2. The van der Waals surface area contributed by atoms with Gasteiger partial charge in [-0.05, 0) is 30.4 Å². The number of carbonyl (C=O) groups excluding carboxylic acids is 1. The highest BCUT2D eigenvalue weighted by Crippen LogP contribution is 2.20. The number of fused-ring (bicyclic) bond motifs is 1. The lowest BCUT2D eigenvalue weighted by Crippen LogP contribution is -2.00. The molecule has 0 amide bonds. The summed E-state index contributed by atoms with van der Waals surface area (Å²) in [6.45, 7) is 0. The maximum Gasteiger partial charge on any atom is 0.337 e. The molecule has 0 atom stereocenters. The minimum atomic E-state index is -0.336. The van der Waals surface area contributed by atoms with E-state index < -0.39 is 0 Å². The van der Waals surface area contributed by atoms with Crippen molar-refractivity contribution in [2.75, 3.05) is 7.11 Å². The number of hydrogen-bond donors (Lipinski definition) is 1. The lowest BCUT2D eigenvalue weighted by Gasteiger charge is -1.97. The third-order valence-corrected chi connectivity index (χ3v) is 3.06. The van der Waals surface area contributed by atoms with E-state index in [-0.39, 0.29) is 5.97 Å². The predicted octanol–water partition coefficient (Wildman–Crippen LogP) is 2.75. The van der Waals surface area contributed by atoms with Crippen molar-refractivity contribution in [3.8, 4) is 0 Å². The van der Waals surface area contributed by atoms with Crippen LogP contribution in [0.3, 0.4) is 0 Å². The second-order valence-electron chi connectivity index (χ2n) is 2.72. The minimum absolute atomic E-state index is 0.336. The molecule has 1 aromatic carbocycles. The number of benzene rings is 1. The minimum Gasteiger partial charge on any atom is -0.465 e. The summed E-state index contributed by atoms with van der Waals surface area (Å²) >= 11 is 6.48. The van der Waals surface area contributed by atoms with E-state index in [1.165, 1.54) is 18.4 Å². The predicted molar refractivity (Wildman–Crippen MR) is 58.3 cm³/mol. The van der Waals surface area contributed by atoms with Gasteiger partial charge in [0, 0.05) is 0 Å². The van der Waals surface area contributed by atoms with Crippen molar-refractivity contribution in [1.82, 2.24) is 4.98 Å². The van der Waals surface area contributed by atoms with E-state index in [1.54, 1.807) is 12.1 Å². The highest BCUT2D eigenvalue weighted by Gasteiger charge is 2.06. The molecule has 2 rings (SSSR count). The van der Waals surface area contributed by atoms with Gasteiger partial charge < -0.3 is 9.72 Å². The number of esters is 1. The average molecular weight is 225 g/mol. The average Bonchev–Trinajstić information content (AvgIpc) is 2.55. The first-order chi connectivity index (χ1) is 6.70. The number of rotatable bonds is 1. The lowest BCUT2D eigenvalue weighted by molar-refractivity contribution is 0.0601. The zero-order chi connectivity index (χ0) is 10.1. The van der Waals surface area contributed by atoms with E-state index >= 15 is 0 Å². The molecule has 0 aliphatic carbocycles. The third-order valence-electron chi connectivity index (χ3n) is 1.84. The summed E-state index contributed by atoms with van der Waals surface area (Å²) in [5, 5.41) is 0. The monoisotopic (exact) mass is 225 g/mol. The Morgan fingerprint density at radius 3 is 3.07 bits per heavy atom. The SMILES string of the molecule is COC(=O)c1ccc2sc(=S)[nH]c2c1. The summed E-state index contributed by atoms with van der Waals surface area (Å²) in [7, 11) is 1.36. The van der Waals surface area contributed by atoms with E-state index in [0.717, 1.165) is 10.2 Å². The van der Waals surface area contributed by atoms with Crippen molar-refractivity contribution >= 4 is 39.7 Å². The van der Waals surface area contributed by atoms with E-state index in [4.69, 9.17) is 12.2 Å². The molecule has 3 nitrogen and oxygen atoms in total. The van der Waals surface area contributed by atoms with E-state index in [1.807, 2.05) is 6.07 Å². The molecule has 5 heteroatoms. The number of methoxy groups -OCH3 is 1. The van der Waals surface area contributed by atoms with Crippen LogP contribution >= 0.6 is 23.6 Å². The fraction of sp³-hybridized carbons (Fsp3) is 0.111. The number of aromatic nitrogens is 1. The molecule has 0 bridgehead atoms. The molecule has 1 N–H and O–H groups in total. The van der Waals surface area contributed by atoms with Gasteiger partial charge >= 0.3 is 5.97 Å². The van der Waals surface area contributed by atoms with Crippen molar-refractivity contribution in [3.05, 3.63) is 27.7 Å². The summed E-state index contributed by atoms with van der Waals surface area (Å²) in [4.78, 5) is 14.2. The second kappa shape index (κ2) is 3.51. The van der Waals surface area contributed by atoms with Gasteiger partial charge in [-0.15, -0.1) is 11.3 Å². The molecule has 72 valence electrons. The zero-order valence-corrected chi connectivity index (χ0v) is 9.00. The van der Waals surface area contributed by atoms with Crippen LogP contribution in [0, 0.1) is 3.95 Å². The number of carbonyl (C=O) groups is 1. The Labute approximate surface area is 89.3 Å². The first-order valence-corrected chi connectivity index (χ1v) is 5.14. The van der Waals surface area contributed by atoms with Gasteiger partial charge in [0.1, 0.15) is 0 Å². The molecule has 1 heterocycles. The van der Waals surface area contributed by atoms with E-state index in [2.05, 4.69) is 9.72 Å². The largest absolute Gasteiger partial charge is 0.465 e. The normalized spacial score (nSPS) is 10.4. The number of nitrogens with one attached hydrogen (secondary N) is 1. The van der Waals surface area contributed by atoms with Gasteiger partial charge in [-0.1, -0.05) is 0 Å². The smallest absolute Gasteiger partial charge is 0.337 e. The highest BCUT2D eigenvalue weighted by molar-refractivity contribution is 7.73. The van der Waals surface area contributed by atoms with Gasteiger partial charge in [-0.25, -0.2) is 4.79 Å². The highest BCUT2D eigenvalue weighted by atomic mass is 32.1. The van der Waals surface area contributed by atoms with Crippen LogP contribution in [0.25, 0.3) is 10.2 Å². The second-order valence-corrected chi connectivity index (χ2v) is 4.44. The molecule has 0 aliphatic rings.